The Morgan fingerprint density at radius 1 is 0.623 bits per heavy atom. The van der Waals surface area contributed by atoms with Gasteiger partial charge in [0.05, 0.1) is 22.3 Å². The molecule has 0 saturated heterocycles. The van der Waals surface area contributed by atoms with Crippen molar-refractivity contribution in [3.8, 4) is 67.5 Å². The van der Waals surface area contributed by atoms with Crippen LogP contribution in [0.15, 0.2) is 146 Å². The molecule has 2 aromatic heterocycles. The molecular weight excluding hydrogens is 647 g/mol. The number of aromatic hydroxyl groups is 1. The first-order valence-corrected chi connectivity index (χ1v) is 18.0. The van der Waals surface area contributed by atoms with Gasteiger partial charge in [-0.25, -0.2) is 4.98 Å². The predicted octanol–water partition coefficient (Wildman–Crippen LogP) is 12.7. The van der Waals surface area contributed by atoms with E-state index in [4.69, 9.17) is 14.1 Å². The highest BCUT2D eigenvalue weighted by atomic mass is 16.3. The second kappa shape index (κ2) is 13.4. The van der Waals surface area contributed by atoms with E-state index in [9.17, 15) is 5.11 Å². The number of aromatic nitrogens is 3. The van der Waals surface area contributed by atoms with Crippen molar-refractivity contribution in [2.45, 2.75) is 46.9 Å². The van der Waals surface area contributed by atoms with Crippen LogP contribution in [0.3, 0.4) is 0 Å². The largest absolute Gasteiger partial charge is 0.507 e. The zero-order valence-electron chi connectivity index (χ0n) is 33.6. The SMILES string of the molecule is [2H]C([2H])([2H])c1ccc(-c2ccnc(-c3cc(-c4cccc5c4nc(-c4ccccc4O)n5-c4cc(C)c(C)c(-c5ccccc5)c4)cc(C(C)(C)C)c3)c2)cc1. The van der Waals surface area contributed by atoms with Gasteiger partial charge in [0.25, 0.3) is 0 Å². The highest BCUT2D eigenvalue weighted by Gasteiger charge is 2.23. The number of para-hydroxylation sites is 2. The Balaban J connectivity index is 1.33. The van der Waals surface area contributed by atoms with Crippen LogP contribution in [0.25, 0.3) is 72.7 Å². The maximum atomic E-state index is 11.2. The van der Waals surface area contributed by atoms with Gasteiger partial charge in [0, 0.05) is 27.1 Å². The number of nitrogens with zero attached hydrogens (tertiary/aromatic N) is 3. The molecule has 0 unspecified atom stereocenters. The maximum Gasteiger partial charge on any atom is 0.149 e. The van der Waals surface area contributed by atoms with E-state index in [0.717, 1.165) is 72.5 Å². The monoisotopic (exact) mass is 692 g/mol. The zero-order chi connectivity index (χ0) is 39.4. The molecule has 0 amide bonds. The van der Waals surface area contributed by atoms with Crippen molar-refractivity contribution >= 4 is 11.0 Å². The summed E-state index contributed by atoms with van der Waals surface area (Å²) in [5.41, 5.74) is 14.9. The summed E-state index contributed by atoms with van der Waals surface area (Å²) in [6.45, 7) is 8.78. The summed E-state index contributed by atoms with van der Waals surface area (Å²) in [6.07, 6.45) is 1.81. The molecule has 0 aliphatic rings. The lowest BCUT2D eigenvalue weighted by molar-refractivity contribution is 0.477. The van der Waals surface area contributed by atoms with Gasteiger partial charge in [-0.2, -0.15) is 0 Å². The molecule has 4 heteroatoms. The van der Waals surface area contributed by atoms with Gasteiger partial charge in [-0.1, -0.05) is 111 Å². The van der Waals surface area contributed by atoms with Crippen molar-refractivity contribution in [2.75, 3.05) is 0 Å². The van der Waals surface area contributed by atoms with Gasteiger partial charge in [0.2, 0.25) is 0 Å². The smallest absolute Gasteiger partial charge is 0.149 e. The van der Waals surface area contributed by atoms with Gasteiger partial charge in [-0.05, 0) is 125 Å². The Morgan fingerprint density at radius 3 is 2.11 bits per heavy atom. The number of imidazole rings is 1. The third kappa shape index (κ3) is 6.42. The van der Waals surface area contributed by atoms with Crippen LogP contribution in [0.1, 0.15) is 47.1 Å². The van der Waals surface area contributed by atoms with Crippen LogP contribution in [0, 0.1) is 20.7 Å². The first-order chi connectivity index (χ1) is 26.8. The van der Waals surface area contributed by atoms with Crippen LogP contribution in [-0.4, -0.2) is 19.6 Å². The van der Waals surface area contributed by atoms with Gasteiger partial charge in [-0.3, -0.25) is 9.55 Å². The standard InChI is InChI=1S/C49H43N3O/c1-31-19-21-34(22-20-31)36-23-24-50-44(29-36)38-26-37(27-39(28-38)49(4,5)6)41-16-12-17-45-47(41)51-48(42-15-10-11-18-46(42)53)52(45)40-25-32(2)33(3)43(30-40)35-13-8-7-9-14-35/h7-30,53H,1-6H3/i1D3. The van der Waals surface area contributed by atoms with Crippen molar-refractivity contribution in [1.82, 2.24) is 14.5 Å². The zero-order valence-corrected chi connectivity index (χ0v) is 30.6. The molecule has 0 aliphatic carbocycles. The molecule has 0 radical (unpaired) electrons. The van der Waals surface area contributed by atoms with Gasteiger partial charge in [0.15, 0.2) is 0 Å². The molecule has 4 nitrogen and oxygen atoms in total. The van der Waals surface area contributed by atoms with Crippen molar-refractivity contribution in [1.29, 1.82) is 0 Å². The summed E-state index contributed by atoms with van der Waals surface area (Å²) in [5, 5.41) is 11.2. The van der Waals surface area contributed by atoms with E-state index in [2.05, 4.69) is 118 Å². The Hall–Kier alpha value is -6.26. The lowest BCUT2D eigenvalue weighted by atomic mass is 9.83. The molecule has 8 aromatic rings. The molecule has 260 valence electrons. The first-order valence-electron chi connectivity index (χ1n) is 19.5. The molecule has 0 fully saturated rings. The van der Waals surface area contributed by atoms with Crippen molar-refractivity contribution in [3.63, 3.8) is 0 Å². The Kier molecular flexibility index (Phi) is 7.66. The predicted molar refractivity (Wildman–Crippen MR) is 221 cm³/mol. The topological polar surface area (TPSA) is 50.9 Å². The number of benzene rings is 6. The molecule has 0 saturated carbocycles. The van der Waals surface area contributed by atoms with Gasteiger partial charge in [0.1, 0.15) is 11.6 Å². The van der Waals surface area contributed by atoms with Gasteiger partial charge in [-0.15, -0.1) is 0 Å². The fourth-order valence-electron chi connectivity index (χ4n) is 7.12. The van der Waals surface area contributed by atoms with E-state index >= 15 is 0 Å². The van der Waals surface area contributed by atoms with Crippen LogP contribution in [0.4, 0.5) is 0 Å². The highest BCUT2D eigenvalue weighted by Crippen LogP contribution is 2.41. The Labute approximate surface area is 316 Å². The van der Waals surface area contributed by atoms with Crippen molar-refractivity contribution in [3.05, 3.63) is 168 Å². The van der Waals surface area contributed by atoms with E-state index < -0.39 is 6.85 Å². The minimum Gasteiger partial charge on any atom is -0.507 e. The second-order valence-corrected chi connectivity index (χ2v) is 14.8. The minimum atomic E-state index is -2.16. The Morgan fingerprint density at radius 2 is 1.36 bits per heavy atom. The summed E-state index contributed by atoms with van der Waals surface area (Å²) >= 11 is 0. The van der Waals surface area contributed by atoms with E-state index in [1.165, 1.54) is 5.56 Å². The third-order valence-electron chi connectivity index (χ3n) is 10.2. The molecule has 0 atom stereocenters. The molecule has 1 N–H and O–H groups in total. The summed E-state index contributed by atoms with van der Waals surface area (Å²) in [6, 6.07) is 46.2. The van der Waals surface area contributed by atoms with E-state index in [1.807, 2.05) is 42.5 Å². The molecule has 2 heterocycles. The number of hydrogen-bond acceptors (Lipinski definition) is 3. The lowest BCUT2D eigenvalue weighted by Crippen LogP contribution is -2.11. The molecule has 0 spiro atoms. The number of fused-ring (bicyclic) bond motifs is 1. The Bertz CT molecular complexity index is 2740. The fraction of sp³-hybridized carbons (Fsp3) is 0.143. The number of phenolic OH excluding ortho intramolecular Hbond substituents is 1. The number of phenols is 1. The minimum absolute atomic E-state index is 0.161. The molecule has 8 rings (SSSR count). The summed E-state index contributed by atoms with van der Waals surface area (Å²) < 4.78 is 25.5. The molecular formula is C49H43N3O. The van der Waals surface area contributed by atoms with Crippen LogP contribution in [0.5, 0.6) is 5.75 Å². The van der Waals surface area contributed by atoms with E-state index in [-0.39, 0.29) is 11.2 Å². The quantitative estimate of drug-likeness (QED) is 0.189. The van der Waals surface area contributed by atoms with Crippen molar-refractivity contribution < 1.29 is 9.22 Å². The summed E-state index contributed by atoms with van der Waals surface area (Å²) in [7, 11) is 0. The average molecular weight is 693 g/mol. The molecule has 0 bridgehead atoms. The normalized spacial score (nSPS) is 12.7. The maximum absolute atomic E-state index is 11.2. The summed E-state index contributed by atoms with van der Waals surface area (Å²) in [5.74, 6) is 0.813. The molecule has 53 heavy (non-hydrogen) atoms. The van der Waals surface area contributed by atoms with Crippen LogP contribution in [0.2, 0.25) is 0 Å². The van der Waals surface area contributed by atoms with Gasteiger partial charge >= 0.3 is 0 Å². The highest BCUT2D eigenvalue weighted by molar-refractivity contribution is 5.97. The number of hydrogen-bond donors (Lipinski definition) is 1. The number of rotatable bonds is 6. The van der Waals surface area contributed by atoms with Gasteiger partial charge < -0.3 is 5.11 Å². The second-order valence-electron chi connectivity index (χ2n) is 14.8. The number of aryl methyl sites for hydroxylation is 2. The average Bonchev–Trinajstić information content (AvgIpc) is 3.58. The fourth-order valence-corrected chi connectivity index (χ4v) is 7.12. The van der Waals surface area contributed by atoms with Crippen LogP contribution >= 0.6 is 0 Å². The number of pyridine rings is 1. The van der Waals surface area contributed by atoms with E-state index in [0.29, 0.717) is 17.0 Å². The first kappa shape index (κ1) is 30.4. The molecule has 6 aromatic carbocycles. The third-order valence-corrected chi connectivity index (χ3v) is 10.2. The van der Waals surface area contributed by atoms with Crippen LogP contribution < -0.4 is 0 Å². The van der Waals surface area contributed by atoms with Crippen LogP contribution in [-0.2, 0) is 5.41 Å². The van der Waals surface area contributed by atoms with E-state index in [1.54, 1.807) is 24.4 Å². The summed E-state index contributed by atoms with van der Waals surface area (Å²) in [4.78, 5) is 10.2. The lowest BCUT2D eigenvalue weighted by Gasteiger charge is -2.22. The van der Waals surface area contributed by atoms with Crippen molar-refractivity contribution in [2.24, 2.45) is 0 Å². The molecule has 0 aliphatic heterocycles.